The summed E-state index contributed by atoms with van der Waals surface area (Å²) in [5.41, 5.74) is 5.27. The van der Waals surface area contributed by atoms with E-state index < -0.39 is 6.04 Å². The van der Waals surface area contributed by atoms with Gasteiger partial charge in [0.2, 0.25) is 11.8 Å². The first-order valence-electron chi connectivity index (χ1n) is 13.3. The van der Waals surface area contributed by atoms with Crippen LogP contribution < -0.4 is 10.1 Å². The fourth-order valence-corrected chi connectivity index (χ4v) is 5.08. The molecule has 5 nitrogen and oxygen atoms in total. The molecular formula is C32H38N2O3. The van der Waals surface area contributed by atoms with Crippen LogP contribution in [-0.4, -0.2) is 35.9 Å². The maximum absolute atomic E-state index is 14.0. The second-order valence-corrected chi connectivity index (χ2v) is 10.2. The summed E-state index contributed by atoms with van der Waals surface area (Å²) in [5.74, 6) is 0.592. The largest absolute Gasteiger partial charge is 0.497 e. The van der Waals surface area contributed by atoms with Gasteiger partial charge >= 0.3 is 0 Å². The van der Waals surface area contributed by atoms with E-state index in [1.807, 2.05) is 60.7 Å². The average molecular weight is 499 g/mol. The number of amides is 2. The van der Waals surface area contributed by atoms with Gasteiger partial charge in [-0.25, -0.2) is 0 Å². The van der Waals surface area contributed by atoms with Crippen LogP contribution in [0.1, 0.15) is 53.5 Å². The summed E-state index contributed by atoms with van der Waals surface area (Å²) in [6.07, 6.45) is 4.96. The van der Waals surface area contributed by atoms with Crippen molar-refractivity contribution in [3.05, 3.63) is 101 Å². The van der Waals surface area contributed by atoms with Crippen LogP contribution in [0.5, 0.6) is 5.75 Å². The van der Waals surface area contributed by atoms with Crippen molar-refractivity contribution in [2.75, 3.05) is 7.11 Å². The number of hydrogen-bond donors (Lipinski definition) is 1. The molecule has 1 fully saturated rings. The maximum Gasteiger partial charge on any atom is 0.243 e. The molecule has 3 aromatic carbocycles. The Kier molecular flexibility index (Phi) is 8.99. The van der Waals surface area contributed by atoms with Crippen molar-refractivity contribution in [3.63, 3.8) is 0 Å². The Morgan fingerprint density at radius 3 is 2.32 bits per heavy atom. The van der Waals surface area contributed by atoms with E-state index in [-0.39, 0.29) is 24.3 Å². The molecule has 1 atom stereocenters. The lowest BCUT2D eigenvalue weighted by Crippen LogP contribution is -2.52. The zero-order valence-corrected chi connectivity index (χ0v) is 22.2. The highest BCUT2D eigenvalue weighted by molar-refractivity contribution is 5.89. The van der Waals surface area contributed by atoms with E-state index in [9.17, 15) is 9.59 Å². The minimum absolute atomic E-state index is 0.0615. The van der Waals surface area contributed by atoms with Gasteiger partial charge in [-0.05, 0) is 66.6 Å². The van der Waals surface area contributed by atoms with Crippen LogP contribution in [-0.2, 0) is 29.0 Å². The molecule has 0 bridgehead atoms. The second kappa shape index (κ2) is 12.6. The van der Waals surface area contributed by atoms with Gasteiger partial charge in [0.05, 0.1) is 13.5 Å². The summed E-state index contributed by atoms with van der Waals surface area (Å²) < 4.78 is 5.43. The third-order valence-corrected chi connectivity index (χ3v) is 7.39. The van der Waals surface area contributed by atoms with Gasteiger partial charge in [-0.15, -0.1) is 0 Å². The van der Waals surface area contributed by atoms with Crippen molar-refractivity contribution < 1.29 is 14.3 Å². The molecule has 1 aliphatic carbocycles. The number of aryl methyl sites for hydroxylation is 2. The number of nitrogens with zero attached hydrogens (tertiary/aromatic N) is 1. The number of benzene rings is 3. The van der Waals surface area contributed by atoms with Crippen LogP contribution in [0, 0.1) is 13.8 Å². The van der Waals surface area contributed by atoms with Gasteiger partial charge in [-0.3, -0.25) is 9.59 Å². The third-order valence-electron chi connectivity index (χ3n) is 7.39. The average Bonchev–Trinajstić information content (AvgIpc) is 3.42. The predicted molar refractivity (Wildman–Crippen MR) is 147 cm³/mol. The number of carbonyl (C=O) groups is 2. The van der Waals surface area contributed by atoms with Crippen LogP contribution in [0.25, 0.3) is 0 Å². The molecule has 0 aliphatic heterocycles. The molecule has 194 valence electrons. The van der Waals surface area contributed by atoms with Crippen molar-refractivity contribution in [3.8, 4) is 5.75 Å². The van der Waals surface area contributed by atoms with Crippen LogP contribution in [0.4, 0.5) is 0 Å². The molecule has 1 N–H and O–H groups in total. The van der Waals surface area contributed by atoms with Gasteiger partial charge < -0.3 is 15.0 Å². The number of nitrogens with one attached hydrogen (secondary N) is 1. The lowest BCUT2D eigenvalue weighted by Gasteiger charge is -2.32. The van der Waals surface area contributed by atoms with Crippen molar-refractivity contribution in [1.29, 1.82) is 0 Å². The molecule has 0 aromatic heterocycles. The van der Waals surface area contributed by atoms with Crippen LogP contribution >= 0.6 is 0 Å². The van der Waals surface area contributed by atoms with Gasteiger partial charge in [0.1, 0.15) is 11.8 Å². The standard InChI is InChI=1S/C32H38N2O3/c1-23-16-17-26(18-24(23)2)21-31(35)34(22-27-12-9-15-29(19-27)37-3)30(20-25-10-5-4-6-11-25)32(36)33-28-13-7-8-14-28/h4-6,9-12,15-19,28,30H,7-8,13-14,20-22H2,1-3H3,(H,33,36)/t30-/m0/s1. The Bertz CT molecular complexity index is 1200. The Hall–Kier alpha value is -3.60. The molecular weight excluding hydrogens is 460 g/mol. The molecule has 1 aliphatic rings. The van der Waals surface area contributed by atoms with Crippen molar-refractivity contribution in [2.24, 2.45) is 0 Å². The monoisotopic (exact) mass is 498 g/mol. The van der Waals surface area contributed by atoms with E-state index in [2.05, 4.69) is 31.3 Å². The molecule has 0 saturated heterocycles. The fraction of sp³-hybridized carbons (Fsp3) is 0.375. The molecule has 4 rings (SSSR count). The Balaban J connectivity index is 1.67. The smallest absolute Gasteiger partial charge is 0.243 e. The van der Waals surface area contributed by atoms with E-state index >= 15 is 0 Å². The Labute approximate surface area is 220 Å². The molecule has 0 spiro atoms. The highest BCUT2D eigenvalue weighted by Gasteiger charge is 2.32. The van der Waals surface area contributed by atoms with Gasteiger partial charge in [0, 0.05) is 19.0 Å². The lowest BCUT2D eigenvalue weighted by molar-refractivity contribution is -0.141. The molecule has 0 unspecified atom stereocenters. The van der Waals surface area contributed by atoms with Crippen molar-refractivity contribution in [2.45, 2.75) is 71.0 Å². The van der Waals surface area contributed by atoms with E-state index in [0.717, 1.165) is 53.7 Å². The van der Waals surface area contributed by atoms with Gasteiger partial charge in [-0.1, -0.05) is 73.5 Å². The topological polar surface area (TPSA) is 58.6 Å². The SMILES string of the molecule is COc1cccc(CN(C(=O)Cc2ccc(C)c(C)c2)[C@@H](Cc2ccccc2)C(=O)NC2CCCC2)c1. The summed E-state index contributed by atoms with van der Waals surface area (Å²) in [4.78, 5) is 29.5. The number of rotatable bonds is 10. The molecule has 2 amide bonds. The van der Waals surface area contributed by atoms with Gasteiger partial charge in [-0.2, -0.15) is 0 Å². The zero-order valence-electron chi connectivity index (χ0n) is 22.2. The van der Waals surface area contributed by atoms with E-state index in [4.69, 9.17) is 4.74 Å². The van der Waals surface area contributed by atoms with Gasteiger partial charge in [0.15, 0.2) is 0 Å². The van der Waals surface area contributed by atoms with Crippen molar-refractivity contribution >= 4 is 11.8 Å². The molecule has 37 heavy (non-hydrogen) atoms. The Morgan fingerprint density at radius 1 is 0.892 bits per heavy atom. The lowest BCUT2D eigenvalue weighted by atomic mass is 10.00. The predicted octanol–water partition coefficient (Wildman–Crippen LogP) is 5.55. The highest BCUT2D eigenvalue weighted by atomic mass is 16.5. The minimum Gasteiger partial charge on any atom is -0.497 e. The first kappa shape index (κ1) is 26.5. The normalized spacial score (nSPS) is 14.2. The first-order chi connectivity index (χ1) is 17.9. The van der Waals surface area contributed by atoms with Crippen LogP contribution in [0.3, 0.4) is 0 Å². The quantitative estimate of drug-likeness (QED) is 0.399. The molecule has 3 aromatic rings. The van der Waals surface area contributed by atoms with Crippen LogP contribution in [0.2, 0.25) is 0 Å². The zero-order chi connectivity index (χ0) is 26.2. The summed E-state index contributed by atoms with van der Waals surface area (Å²) in [6.45, 7) is 4.46. The summed E-state index contributed by atoms with van der Waals surface area (Å²) >= 11 is 0. The molecule has 5 heteroatoms. The van der Waals surface area contributed by atoms with Crippen molar-refractivity contribution in [1.82, 2.24) is 10.2 Å². The summed E-state index contributed by atoms with van der Waals surface area (Å²) in [7, 11) is 1.63. The van der Waals surface area contributed by atoms with E-state index in [1.165, 1.54) is 5.56 Å². The van der Waals surface area contributed by atoms with Gasteiger partial charge in [0.25, 0.3) is 0 Å². The molecule has 1 saturated carbocycles. The summed E-state index contributed by atoms with van der Waals surface area (Å²) in [6, 6.07) is 23.4. The first-order valence-corrected chi connectivity index (χ1v) is 13.3. The maximum atomic E-state index is 14.0. The van der Waals surface area contributed by atoms with Crippen LogP contribution in [0.15, 0.2) is 72.8 Å². The minimum atomic E-state index is -0.617. The number of hydrogen-bond acceptors (Lipinski definition) is 3. The summed E-state index contributed by atoms with van der Waals surface area (Å²) in [5, 5.41) is 3.27. The third kappa shape index (κ3) is 7.22. The number of ether oxygens (including phenoxy) is 1. The second-order valence-electron chi connectivity index (χ2n) is 10.2. The van der Waals surface area contributed by atoms with E-state index in [0.29, 0.717) is 13.0 Å². The molecule has 0 radical (unpaired) electrons. The highest BCUT2D eigenvalue weighted by Crippen LogP contribution is 2.22. The fourth-order valence-electron chi connectivity index (χ4n) is 5.08. The molecule has 0 heterocycles. The number of methoxy groups -OCH3 is 1. The number of carbonyl (C=O) groups excluding carboxylic acids is 2. The Morgan fingerprint density at radius 2 is 1.62 bits per heavy atom. The van der Waals surface area contributed by atoms with E-state index in [1.54, 1.807) is 12.0 Å².